The Bertz CT molecular complexity index is 566. The summed E-state index contributed by atoms with van der Waals surface area (Å²) in [7, 11) is 0. The van der Waals surface area contributed by atoms with Gasteiger partial charge in [0.15, 0.2) is 0 Å². The Labute approximate surface area is 151 Å². The van der Waals surface area contributed by atoms with Crippen LogP contribution in [0.1, 0.15) is 44.6 Å². The van der Waals surface area contributed by atoms with E-state index in [0.29, 0.717) is 6.54 Å². The monoisotopic (exact) mass is 345 g/mol. The number of nitrogens with zero attached hydrogens (tertiary/aromatic N) is 2. The van der Waals surface area contributed by atoms with Crippen molar-refractivity contribution in [3.63, 3.8) is 0 Å². The molecule has 0 bridgehead atoms. The molecule has 0 atom stereocenters. The van der Waals surface area contributed by atoms with E-state index >= 15 is 0 Å². The van der Waals surface area contributed by atoms with E-state index in [1.54, 1.807) is 0 Å². The van der Waals surface area contributed by atoms with Gasteiger partial charge in [-0.05, 0) is 44.4 Å². The molecule has 1 aromatic carbocycles. The number of aryl methyl sites for hydroxylation is 1. The van der Waals surface area contributed by atoms with Crippen LogP contribution < -0.4 is 5.32 Å². The van der Waals surface area contributed by atoms with Crippen LogP contribution in [0.4, 0.5) is 5.69 Å². The van der Waals surface area contributed by atoms with Gasteiger partial charge in [0.05, 0.1) is 13.1 Å². The predicted octanol–water partition coefficient (Wildman–Crippen LogP) is 3.05. The van der Waals surface area contributed by atoms with Gasteiger partial charge in [0.25, 0.3) is 0 Å². The van der Waals surface area contributed by atoms with Crippen LogP contribution in [0.3, 0.4) is 0 Å². The van der Waals surface area contributed by atoms with E-state index in [0.717, 1.165) is 50.1 Å². The summed E-state index contributed by atoms with van der Waals surface area (Å²) >= 11 is 0. The Kier molecular flexibility index (Phi) is 7.92. The topological polar surface area (TPSA) is 52.7 Å². The average molecular weight is 345 g/mol. The molecule has 0 aliphatic carbocycles. The molecule has 5 nitrogen and oxygen atoms in total. The fraction of sp³-hybridized carbons (Fsp3) is 0.600. The van der Waals surface area contributed by atoms with Crippen molar-refractivity contribution in [3.8, 4) is 0 Å². The standard InChI is InChI=1S/C20H31N3O2/c1-3-12-22(16-20(25)23-13-8-4-5-9-14-23)15-19(24)21-18-11-7-6-10-17(18)2/h6-7,10-11H,3-5,8-9,12-16H2,1-2H3,(H,21,24). The van der Waals surface area contributed by atoms with Crippen molar-refractivity contribution in [3.05, 3.63) is 29.8 Å². The third-order valence-electron chi connectivity index (χ3n) is 4.64. The number of amides is 2. The highest BCUT2D eigenvalue weighted by Crippen LogP contribution is 2.13. The molecule has 0 radical (unpaired) electrons. The molecule has 0 saturated carbocycles. The van der Waals surface area contributed by atoms with E-state index in [-0.39, 0.29) is 18.4 Å². The van der Waals surface area contributed by atoms with E-state index in [1.165, 1.54) is 12.8 Å². The summed E-state index contributed by atoms with van der Waals surface area (Å²) in [6.07, 6.45) is 5.52. The highest BCUT2D eigenvalue weighted by molar-refractivity contribution is 5.93. The molecule has 0 unspecified atom stereocenters. The molecule has 1 N–H and O–H groups in total. The summed E-state index contributed by atoms with van der Waals surface area (Å²) in [4.78, 5) is 28.9. The van der Waals surface area contributed by atoms with Gasteiger partial charge in [0.2, 0.25) is 11.8 Å². The van der Waals surface area contributed by atoms with Crippen molar-refractivity contribution in [2.75, 3.05) is 38.0 Å². The molecule has 5 heteroatoms. The third kappa shape index (κ3) is 6.50. The highest BCUT2D eigenvalue weighted by Gasteiger charge is 2.20. The SMILES string of the molecule is CCCN(CC(=O)Nc1ccccc1C)CC(=O)N1CCCCCC1. The Morgan fingerprint density at radius 2 is 1.76 bits per heavy atom. The van der Waals surface area contributed by atoms with Crippen LogP contribution in [0.15, 0.2) is 24.3 Å². The van der Waals surface area contributed by atoms with E-state index in [1.807, 2.05) is 41.0 Å². The molecule has 2 amide bonds. The Morgan fingerprint density at radius 1 is 1.08 bits per heavy atom. The van der Waals surface area contributed by atoms with Crippen LogP contribution in [-0.2, 0) is 9.59 Å². The zero-order chi connectivity index (χ0) is 18.1. The molecule has 0 aromatic heterocycles. The van der Waals surface area contributed by atoms with Gasteiger partial charge >= 0.3 is 0 Å². The number of anilines is 1. The van der Waals surface area contributed by atoms with Crippen molar-refractivity contribution in [2.24, 2.45) is 0 Å². The van der Waals surface area contributed by atoms with E-state index in [9.17, 15) is 9.59 Å². The minimum atomic E-state index is -0.0635. The normalized spacial score (nSPS) is 15.1. The summed E-state index contributed by atoms with van der Waals surface area (Å²) in [6.45, 7) is 7.09. The lowest BCUT2D eigenvalue weighted by molar-refractivity contribution is -0.132. The van der Waals surface area contributed by atoms with Crippen LogP contribution in [-0.4, -0.2) is 54.3 Å². The largest absolute Gasteiger partial charge is 0.342 e. The highest BCUT2D eigenvalue weighted by atomic mass is 16.2. The molecule has 0 spiro atoms. The van der Waals surface area contributed by atoms with Crippen molar-refractivity contribution in [1.29, 1.82) is 0 Å². The van der Waals surface area contributed by atoms with E-state index in [2.05, 4.69) is 12.2 Å². The van der Waals surface area contributed by atoms with Crippen LogP contribution >= 0.6 is 0 Å². The molecule has 138 valence electrons. The molecule has 1 aromatic rings. The second kappa shape index (κ2) is 10.2. The van der Waals surface area contributed by atoms with Crippen LogP contribution in [0.5, 0.6) is 0 Å². The van der Waals surface area contributed by atoms with Gasteiger partial charge in [-0.25, -0.2) is 0 Å². The molecule has 1 aliphatic rings. The summed E-state index contributed by atoms with van der Waals surface area (Å²) in [5.41, 5.74) is 1.88. The minimum absolute atomic E-state index is 0.0635. The first-order valence-electron chi connectivity index (χ1n) is 9.45. The van der Waals surface area contributed by atoms with Gasteiger partial charge < -0.3 is 10.2 Å². The quantitative estimate of drug-likeness (QED) is 0.826. The smallest absolute Gasteiger partial charge is 0.238 e. The molecule has 2 rings (SSSR count). The number of rotatable bonds is 7. The molecule has 1 heterocycles. The molecular weight excluding hydrogens is 314 g/mol. The van der Waals surface area contributed by atoms with Crippen LogP contribution in [0.25, 0.3) is 0 Å². The zero-order valence-electron chi connectivity index (χ0n) is 15.6. The van der Waals surface area contributed by atoms with E-state index in [4.69, 9.17) is 0 Å². The van der Waals surface area contributed by atoms with Gasteiger partial charge in [-0.3, -0.25) is 14.5 Å². The number of nitrogens with one attached hydrogen (secondary N) is 1. The zero-order valence-corrected chi connectivity index (χ0v) is 15.6. The fourth-order valence-electron chi connectivity index (χ4n) is 3.25. The number of benzene rings is 1. The maximum Gasteiger partial charge on any atom is 0.238 e. The number of carbonyl (C=O) groups is 2. The van der Waals surface area contributed by atoms with Crippen molar-refractivity contribution in [1.82, 2.24) is 9.80 Å². The lowest BCUT2D eigenvalue weighted by Gasteiger charge is -2.26. The maximum atomic E-state index is 12.6. The number of likely N-dealkylation sites (tertiary alicyclic amines) is 1. The van der Waals surface area contributed by atoms with Crippen LogP contribution in [0.2, 0.25) is 0 Å². The second-order valence-electron chi connectivity index (χ2n) is 6.87. The molecular formula is C20H31N3O2. The summed E-state index contributed by atoms with van der Waals surface area (Å²) in [5.74, 6) is 0.0884. The molecule has 1 fully saturated rings. The van der Waals surface area contributed by atoms with Gasteiger partial charge in [-0.15, -0.1) is 0 Å². The van der Waals surface area contributed by atoms with Gasteiger partial charge in [-0.2, -0.15) is 0 Å². The van der Waals surface area contributed by atoms with Gasteiger partial charge in [-0.1, -0.05) is 38.0 Å². The number of carbonyl (C=O) groups excluding carboxylic acids is 2. The number of para-hydroxylation sites is 1. The third-order valence-corrected chi connectivity index (χ3v) is 4.64. The summed E-state index contributed by atoms with van der Waals surface area (Å²) < 4.78 is 0. The Balaban J connectivity index is 1.89. The van der Waals surface area contributed by atoms with Crippen molar-refractivity contribution < 1.29 is 9.59 Å². The van der Waals surface area contributed by atoms with Crippen molar-refractivity contribution in [2.45, 2.75) is 46.0 Å². The van der Waals surface area contributed by atoms with Gasteiger partial charge in [0, 0.05) is 18.8 Å². The Hall–Kier alpha value is -1.88. The van der Waals surface area contributed by atoms with Gasteiger partial charge in [0.1, 0.15) is 0 Å². The molecule has 25 heavy (non-hydrogen) atoms. The lowest BCUT2D eigenvalue weighted by atomic mass is 10.2. The summed E-state index contributed by atoms with van der Waals surface area (Å²) in [6, 6.07) is 7.74. The fourth-order valence-corrected chi connectivity index (χ4v) is 3.25. The first-order valence-corrected chi connectivity index (χ1v) is 9.45. The predicted molar refractivity (Wildman–Crippen MR) is 102 cm³/mol. The maximum absolute atomic E-state index is 12.6. The van der Waals surface area contributed by atoms with E-state index < -0.39 is 0 Å². The Morgan fingerprint density at radius 3 is 2.40 bits per heavy atom. The van der Waals surface area contributed by atoms with Crippen molar-refractivity contribution >= 4 is 17.5 Å². The molecule has 1 saturated heterocycles. The summed E-state index contributed by atoms with van der Waals surface area (Å²) in [5, 5.41) is 2.96. The second-order valence-corrected chi connectivity index (χ2v) is 6.87. The lowest BCUT2D eigenvalue weighted by Crippen LogP contribution is -2.43. The number of hydrogen-bond acceptors (Lipinski definition) is 3. The average Bonchev–Trinajstić information content (AvgIpc) is 2.86. The first-order chi connectivity index (χ1) is 12.1. The molecule has 1 aliphatic heterocycles. The van der Waals surface area contributed by atoms with Crippen LogP contribution in [0, 0.1) is 6.92 Å². The number of hydrogen-bond donors (Lipinski definition) is 1. The first kappa shape index (κ1) is 19.4. The minimum Gasteiger partial charge on any atom is -0.342 e.